The standard InChI is InChI=1S/C10H19N3O/c11-4-8-3-9(8)6-13-10(14)12-5-7-1-2-7/h7-9H,1-6,11H2,(H2,12,13,14). The maximum atomic E-state index is 11.2. The molecule has 0 radical (unpaired) electrons. The molecule has 4 heteroatoms. The third kappa shape index (κ3) is 2.87. The number of carbonyl (C=O) groups is 1. The largest absolute Gasteiger partial charge is 0.338 e. The molecular weight excluding hydrogens is 178 g/mol. The minimum absolute atomic E-state index is 0.0143. The average Bonchev–Trinajstić information content (AvgIpc) is 3.05. The molecule has 2 aliphatic carbocycles. The molecule has 0 bridgehead atoms. The molecule has 2 saturated carbocycles. The van der Waals surface area contributed by atoms with E-state index in [1.165, 1.54) is 19.3 Å². The lowest BCUT2D eigenvalue weighted by Gasteiger charge is -2.06. The first kappa shape index (κ1) is 9.77. The molecule has 2 rings (SSSR count). The number of hydrogen-bond donors (Lipinski definition) is 3. The first-order valence-electron chi connectivity index (χ1n) is 5.51. The highest BCUT2D eigenvalue weighted by atomic mass is 16.2. The summed E-state index contributed by atoms with van der Waals surface area (Å²) in [5.41, 5.74) is 5.51. The number of amides is 2. The van der Waals surface area contributed by atoms with Gasteiger partial charge in [-0.1, -0.05) is 0 Å². The summed E-state index contributed by atoms with van der Waals surface area (Å²) in [7, 11) is 0. The lowest BCUT2D eigenvalue weighted by atomic mass is 10.3. The van der Waals surface area contributed by atoms with Gasteiger partial charge < -0.3 is 16.4 Å². The van der Waals surface area contributed by atoms with Crippen LogP contribution in [0.5, 0.6) is 0 Å². The molecule has 80 valence electrons. The Morgan fingerprint density at radius 2 is 1.93 bits per heavy atom. The lowest BCUT2D eigenvalue weighted by molar-refractivity contribution is 0.240. The predicted molar refractivity (Wildman–Crippen MR) is 54.8 cm³/mol. The average molecular weight is 197 g/mol. The fourth-order valence-corrected chi connectivity index (χ4v) is 1.69. The summed E-state index contributed by atoms with van der Waals surface area (Å²) in [6, 6.07) is -0.0143. The zero-order chi connectivity index (χ0) is 9.97. The number of nitrogens with two attached hydrogens (primary N) is 1. The van der Waals surface area contributed by atoms with E-state index in [2.05, 4.69) is 10.6 Å². The number of hydrogen-bond acceptors (Lipinski definition) is 2. The summed E-state index contributed by atoms with van der Waals surface area (Å²) in [5.74, 6) is 2.03. The fourth-order valence-electron chi connectivity index (χ4n) is 1.69. The van der Waals surface area contributed by atoms with E-state index in [1.54, 1.807) is 0 Å². The molecule has 2 aliphatic rings. The first-order valence-corrected chi connectivity index (χ1v) is 5.51. The third-order valence-corrected chi connectivity index (χ3v) is 3.14. The van der Waals surface area contributed by atoms with Crippen LogP contribution in [0.4, 0.5) is 4.79 Å². The van der Waals surface area contributed by atoms with Crippen LogP contribution in [0.3, 0.4) is 0 Å². The monoisotopic (exact) mass is 197 g/mol. The minimum Gasteiger partial charge on any atom is -0.338 e. The second-order valence-corrected chi connectivity index (χ2v) is 4.53. The van der Waals surface area contributed by atoms with Gasteiger partial charge in [0, 0.05) is 13.1 Å². The van der Waals surface area contributed by atoms with Crippen molar-refractivity contribution in [1.82, 2.24) is 10.6 Å². The van der Waals surface area contributed by atoms with Crippen LogP contribution >= 0.6 is 0 Å². The van der Waals surface area contributed by atoms with Crippen molar-refractivity contribution in [2.45, 2.75) is 19.3 Å². The summed E-state index contributed by atoms with van der Waals surface area (Å²) in [6.07, 6.45) is 3.73. The Morgan fingerprint density at radius 3 is 2.50 bits per heavy atom. The maximum Gasteiger partial charge on any atom is 0.314 e. The van der Waals surface area contributed by atoms with Gasteiger partial charge in [-0.3, -0.25) is 0 Å². The van der Waals surface area contributed by atoms with E-state index >= 15 is 0 Å². The van der Waals surface area contributed by atoms with E-state index in [-0.39, 0.29) is 6.03 Å². The molecule has 0 aliphatic heterocycles. The van der Waals surface area contributed by atoms with Gasteiger partial charge in [0.2, 0.25) is 0 Å². The van der Waals surface area contributed by atoms with Crippen LogP contribution < -0.4 is 16.4 Å². The van der Waals surface area contributed by atoms with Crippen molar-refractivity contribution in [3.05, 3.63) is 0 Å². The van der Waals surface area contributed by atoms with Gasteiger partial charge in [-0.05, 0) is 43.6 Å². The van der Waals surface area contributed by atoms with Gasteiger partial charge in [-0.15, -0.1) is 0 Å². The van der Waals surface area contributed by atoms with Crippen molar-refractivity contribution in [2.24, 2.45) is 23.5 Å². The molecule has 2 amide bonds. The van der Waals surface area contributed by atoms with Crippen molar-refractivity contribution in [2.75, 3.05) is 19.6 Å². The minimum atomic E-state index is -0.0143. The van der Waals surface area contributed by atoms with Crippen LogP contribution in [0.25, 0.3) is 0 Å². The molecule has 0 aromatic rings. The number of nitrogens with one attached hydrogen (secondary N) is 2. The zero-order valence-electron chi connectivity index (χ0n) is 8.46. The topological polar surface area (TPSA) is 67.1 Å². The van der Waals surface area contributed by atoms with E-state index in [0.717, 1.165) is 25.6 Å². The van der Waals surface area contributed by atoms with Gasteiger partial charge in [0.15, 0.2) is 0 Å². The molecule has 0 spiro atoms. The van der Waals surface area contributed by atoms with Crippen molar-refractivity contribution in [1.29, 1.82) is 0 Å². The Hall–Kier alpha value is -0.770. The molecule has 0 saturated heterocycles. The third-order valence-electron chi connectivity index (χ3n) is 3.14. The van der Waals surface area contributed by atoms with Gasteiger partial charge in [0.1, 0.15) is 0 Å². The van der Waals surface area contributed by atoms with Gasteiger partial charge in [0.05, 0.1) is 0 Å². The van der Waals surface area contributed by atoms with Crippen molar-refractivity contribution in [3.8, 4) is 0 Å². The summed E-state index contributed by atoms with van der Waals surface area (Å²) in [5, 5.41) is 5.77. The first-order chi connectivity index (χ1) is 6.79. The Morgan fingerprint density at radius 1 is 1.21 bits per heavy atom. The molecule has 2 atom stereocenters. The highest BCUT2D eigenvalue weighted by molar-refractivity contribution is 5.73. The molecule has 2 unspecified atom stereocenters. The van der Waals surface area contributed by atoms with Crippen molar-refractivity contribution >= 4 is 6.03 Å². The van der Waals surface area contributed by atoms with Crippen LogP contribution in [-0.2, 0) is 0 Å². The Bertz CT molecular complexity index is 215. The van der Waals surface area contributed by atoms with Crippen molar-refractivity contribution in [3.63, 3.8) is 0 Å². The lowest BCUT2D eigenvalue weighted by Crippen LogP contribution is -2.37. The predicted octanol–water partition coefficient (Wildman–Crippen LogP) is 0.290. The Kier molecular flexibility index (Phi) is 2.91. The van der Waals surface area contributed by atoms with Crippen LogP contribution in [0.2, 0.25) is 0 Å². The number of carbonyl (C=O) groups excluding carboxylic acids is 1. The molecule has 4 nitrogen and oxygen atoms in total. The van der Waals surface area contributed by atoms with Gasteiger partial charge in [-0.25, -0.2) is 4.79 Å². The van der Waals surface area contributed by atoms with Gasteiger partial charge in [0.25, 0.3) is 0 Å². The maximum absolute atomic E-state index is 11.2. The Labute approximate surface area is 84.6 Å². The second kappa shape index (κ2) is 4.17. The highest BCUT2D eigenvalue weighted by Gasteiger charge is 2.35. The van der Waals surface area contributed by atoms with E-state index in [1.807, 2.05) is 0 Å². The smallest absolute Gasteiger partial charge is 0.314 e. The van der Waals surface area contributed by atoms with Crippen LogP contribution in [0.15, 0.2) is 0 Å². The van der Waals surface area contributed by atoms with Crippen LogP contribution in [0.1, 0.15) is 19.3 Å². The molecule has 0 heterocycles. The molecule has 0 aromatic carbocycles. The quantitative estimate of drug-likeness (QED) is 0.593. The van der Waals surface area contributed by atoms with E-state index in [4.69, 9.17) is 5.73 Å². The SMILES string of the molecule is NCC1CC1CNC(=O)NCC1CC1. The molecule has 4 N–H and O–H groups in total. The van der Waals surface area contributed by atoms with E-state index in [9.17, 15) is 4.79 Å². The van der Waals surface area contributed by atoms with E-state index in [0.29, 0.717) is 11.8 Å². The fraction of sp³-hybridized carbons (Fsp3) is 0.900. The van der Waals surface area contributed by atoms with Gasteiger partial charge >= 0.3 is 6.03 Å². The molecule has 0 aromatic heterocycles. The summed E-state index contributed by atoms with van der Waals surface area (Å²) >= 11 is 0. The summed E-state index contributed by atoms with van der Waals surface area (Å²) < 4.78 is 0. The molecule has 14 heavy (non-hydrogen) atoms. The zero-order valence-corrected chi connectivity index (χ0v) is 8.46. The summed E-state index contributed by atoms with van der Waals surface area (Å²) in [6.45, 7) is 2.39. The second-order valence-electron chi connectivity index (χ2n) is 4.53. The van der Waals surface area contributed by atoms with Crippen LogP contribution in [0, 0.1) is 17.8 Å². The van der Waals surface area contributed by atoms with Gasteiger partial charge in [-0.2, -0.15) is 0 Å². The highest BCUT2D eigenvalue weighted by Crippen LogP contribution is 2.36. The van der Waals surface area contributed by atoms with Crippen LogP contribution in [-0.4, -0.2) is 25.7 Å². The number of rotatable bonds is 5. The molecule has 2 fully saturated rings. The van der Waals surface area contributed by atoms with E-state index < -0.39 is 0 Å². The molecular formula is C10H19N3O. The normalized spacial score (nSPS) is 29.8. The van der Waals surface area contributed by atoms with Crippen molar-refractivity contribution < 1.29 is 4.79 Å². The number of urea groups is 1. The summed E-state index contributed by atoms with van der Waals surface area (Å²) in [4.78, 5) is 11.2. The Balaban J connectivity index is 1.49.